The first kappa shape index (κ1) is 15.2. The molecule has 0 aliphatic carbocycles. The SMILES string of the molecule is CCC(NC(=O)c1cc(C)n(C)n1)c1cc(F)ccc1F. The number of carbonyl (C=O) groups excluding carboxylic acids is 1. The Balaban J connectivity index is 2.22. The minimum Gasteiger partial charge on any atom is -0.344 e. The Bertz CT molecular complexity index is 647. The smallest absolute Gasteiger partial charge is 0.272 e. The summed E-state index contributed by atoms with van der Waals surface area (Å²) in [5.74, 6) is -1.48. The standard InChI is InChI=1S/C15H17F2N3O/c1-4-13(11-8-10(16)5-6-12(11)17)18-15(21)14-7-9(2)20(3)19-14/h5-8,13H,4H2,1-3H3,(H,18,21). The van der Waals surface area contributed by atoms with Gasteiger partial charge in [0, 0.05) is 18.3 Å². The van der Waals surface area contributed by atoms with Crippen molar-refractivity contribution in [3.05, 3.63) is 52.9 Å². The van der Waals surface area contributed by atoms with Crippen molar-refractivity contribution in [1.82, 2.24) is 15.1 Å². The van der Waals surface area contributed by atoms with E-state index in [0.717, 1.165) is 23.9 Å². The van der Waals surface area contributed by atoms with Gasteiger partial charge in [-0.05, 0) is 37.6 Å². The van der Waals surface area contributed by atoms with Gasteiger partial charge in [-0.3, -0.25) is 9.48 Å². The second kappa shape index (κ2) is 6.03. The van der Waals surface area contributed by atoms with Crippen molar-refractivity contribution in [3.8, 4) is 0 Å². The molecule has 2 rings (SSSR count). The molecule has 1 atom stereocenters. The van der Waals surface area contributed by atoms with Crippen LogP contribution in [0.15, 0.2) is 24.3 Å². The van der Waals surface area contributed by atoms with E-state index in [1.54, 1.807) is 24.7 Å². The van der Waals surface area contributed by atoms with Crippen LogP contribution in [0.5, 0.6) is 0 Å². The lowest BCUT2D eigenvalue weighted by Crippen LogP contribution is -2.29. The number of halogens is 2. The third kappa shape index (κ3) is 3.26. The van der Waals surface area contributed by atoms with Crippen LogP contribution in [0.1, 0.15) is 41.1 Å². The Labute approximate surface area is 121 Å². The van der Waals surface area contributed by atoms with Crippen LogP contribution in [0.25, 0.3) is 0 Å². The van der Waals surface area contributed by atoms with E-state index < -0.39 is 23.6 Å². The van der Waals surface area contributed by atoms with Crippen LogP contribution in [0.3, 0.4) is 0 Å². The van der Waals surface area contributed by atoms with Crippen LogP contribution in [-0.4, -0.2) is 15.7 Å². The summed E-state index contributed by atoms with van der Waals surface area (Å²) in [4.78, 5) is 12.1. The predicted molar refractivity (Wildman–Crippen MR) is 74.8 cm³/mol. The molecule has 0 saturated heterocycles. The second-order valence-electron chi connectivity index (χ2n) is 4.89. The van der Waals surface area contributed by atoms with Crippen LogP contribution < -0.4 is 5.32 Å². The van der Waals surface area contributed by atoms with Gasteiger partial charge in [-0.25, -0.2) is 8.78 Å². The Kier molecular flexibility index (Phi) is 4.35. The van der Waals surface area contributed by atoms with Crippen molar-refractivity contribution in [1.29, 1.82) is 0 Å². The molecule has 0 bridgehead atoms. The maximum atomic E-state index is 13.8. The summed E-state index contributed by atoms with van der Waals surface area (Å²) < 4.78 is 28.6. The normalized spacial score (nSPS) is 12.2. The lowest BCUT2D eigenvalue weighted by molar-refractivity contribution is 0.0929. The monoisotopic (exact) mass is 293 g/mol. The van der Waals surface area contributed by atoms with Crippen LogP contribution in [0.2, 0.25) is 0 Å². The molecular weight excluding hydrogens is 276 g/mol. The highest BCUT2D eigenvalue weighted by Gasteiger charge is 2.19. The number of hydrogen-bond donors (Lipinski definition) is 1. The number of nitrogens with one attached hydrogen (secondary N) is 1. The summed E-state index contributed by atoms with van der Waals surface area (Å²) in [5, 5.41) is 6.75. The topological polar surface area (TPSA) is 46.9 Å². The third-order valence-electron chi connectivity index (χ3n) is 3.39. The molecule has 1 N–H and O–H groups in total. The molecule has 0 saturated carbocycles. The van der Waals surface area contributed by atoms with E-state index in [-0.39, 0.29) is 11.3 Å². The van der Waals surface area contributed by atoms with Crippen LogP contribution in [-0.2, 0) is 7.05 Å². The zero-order chi connectivity index (χ0) is 15.6. The van der Waals surface area contributed by atoms with E-state index in [4.69, 9.17) is 0 Å². The minimum atomic E-state index is -0.601. The lowest BCUT2D eigenvalue weighted by atomic mass is 10.0. The van der Waals surface area contributed by atoms with Crippen molar-refractivity contribution in [2.45, 2.75) is 26.3 Å². The summed E-state index contributed by atoms with van der Waals surface area (Å²) in [5.41, 5.74) is 1.23. The molecule has 0 spiro atoms. The van der Waals surface area contributed by atoms with Crippen molar-refractivity contribution >= 4 is 5.91 Å². The number of aryl methyl sites for hydroxylation is 2. The number of aromatic nitrogens is 2. The summed E-state index contributed by atoms with van der Waals surface area (Å²) in [6, 6.07) is 4.26. The van der Waals surface area contributed by atoms with Gasteiger partial charge in [0.2, 0.25) is 0 Å². The Morgan fingerprint density at radius 1 is 1.38 bits per heavy atom. The van der Waals surface area contributed by atoms with Gasteiger partial charge in [-0.1, -0.05) is 6.92 Å². The predicted octanol–water partition coefficient (Wildman–Crippen LogP) is 2.89. The highest BCUT2D eigenvalue weighted by molar-refractivity contribution is 5.92. The minimum absolute atomic E-state index is 0.138. The van der Waals surface area contributed by atoms with Gasteiger partial charge < -0.3 is 5.32 Å². The molecule has 0 aliphatic heterocycles. The fourth-order valence-electron chi connectivity index (χ4n) is 2.09. The van der Waals surface area contributed by atoms with Gasteiger partial charge >= 0.3 is 0 Å². The maximum Gasteiger partial charge on any atom is 0.272 e. The average Bonchev–Trinajstić information content (AvgIpc) is 2.79. The van der Waals surface area contributed by atoms with E-state index in [1.165, 1.54) is 0 Å². The molecule has 21 heavy (non-hydrogen) atoms. The fourth-order valence-corrected chi connectivity index (χ4v) is 2.09. The first-order valence-electron chi connectivity index (χ1n) is 6.68. The summed E-state index contributed by atoms with van der Waals surface area (Å²) in [7, 11) is 1.73. The second-order valence-corrected chi connectivity index (χ2v) is 4.89. The molecule has 0 radical (unpaired) electrons. The Hall–Kier alpha value is -2.24. The van der Waals surface area contributed by atoms with Gasteiger partial charge in [0.15, 0.2) is 0 Å². The van der Waals surface area contributed by atoms with Gasteiger partial charge in [-0.2, -0.15) is 5.10 Å². The largest absolute Gasteiger partial charge is 0.344 e. The van der Waals surface area contributed by atoms with Crippen molar-refractivity contribution in [2.75, 3.05) is 0 Å². The first-order valence-corrected chi connectivity index (χ1v) is 6.68. The molecule has 1 aromatic heterocycles. The number of benzene rings is 1. The molecule has 1 aromatic carbocycles. The van der Waals surface area contributed by atoms with Gasteiger partial charge in [0.1, 0.15) is 17.3 Å². The molecular formula is C15H17F2N3O. The lowest BCUT2D eigenvalue weighted by Gasteiger charge is -2.17. The zero-order valence-electron chi connectivity index (χ0n) is 12.2. The molecule has 1 heterocycles. The van der Waals surface area contributed by atoms with Gasteiger partial charge in [-0.15, -0.1) is 0 Å². The van der Waals surface area contributed by atoms with Crippen LogP contribution in [0, 0.1) is 18.6 Å². The van der Waals surface area contributed by atoms with Gasteiger partial charge in [0.05, 0.1) is 6.04 Å². The maximum absolute atomic E-state index is 13.8. The molecule has 0 aliphatic rings. The zero-order valence-corrected chi connectivity index (χ0v) is 12.2. The first-order chi connectivity index (χ1) is 9.92. The molecule has 2 aromatic rings. The highest BCUT2D eigenvalue weighted by Crippen LogP contribution is 2.21. The van der Waals surface area contributed by atoms with E-state index in [0.29, 0.717) is 6.42 Å². The van der Waals surface area contributed by atoms with E-state index in [2.05, 4.69) is 10.4 Å². The molecule has 112 valence electrons. The van der Waals surface area contributed by atoms with Crippen molar-refractivity contribution in [3.63, 3.8) is 0 Å². The van der Waals surface area contributed by atoms with Crippen molar-refractivity contribution < 1.29 is 13.6 Å². The van der Waals surface area contributed by atoms with Crippen LogP contribution >= 0.6 is 0 Å². The number of carbonyl (C=O) groups is 1. The Morgan fingerprint density at radius 3 is 2.67 bits per heavy atom. The number of amides is 1. The van der Waals surface area contributed by atoms with Gasteiger partial charge in [0.25, 0.3) is 5.91 Å². The van der Waals surface area contributed by atoms with E-state index in [9.17, 15) is 13.6 Å². The summed E-state index contributed by atoms with van der Waals surface area (Å²) in [6.07, 6.45) is 0.442. The molecule has 1 unspecified atom stereocenters. The number of rotatable bonds is 4. The van der Waals surface area contributed by atoms with E-state index in [1.807, 2.05) is 6.92 Å². The quantitative estimate of drug-likeness (QED) is 0.942. The van der Waals surface area contributed by atoms with Crippen LogP contribution in [0.4, 0.5) is 8.78 Å². The average molecular weight is 293 g/mol. The molecule has 1 amide bonds. The van der Waals surface area contributed by atoms with Crippen molar-refractivity contribution in [2.24, 2.45) is 7.05 Å². The molecule has 4 nitrogen and oxygen atoms in total. The molecule has 6 heteroatoms. The van der Waals surface area contributed by atoms with E-state index >= 15 is 0 Å². The highest BCUT2D eigenvalue weighted by atomic mass is 19.1. The Morgan fingerprint density at radius 2 is 2.10 bits per heavy atom. The molecule has 0 fully saturated rings. The summed E-state index contributed by atoms with van der Waals surface area (Å²) in [6.45, 7) is 3.62. The number of nitrogens with zero attached hydrogens (tertiary/aromatic N) is 2. The summed E-state index contributed by atoms with van der Waals surface area (Å²) >= 11 is 0. The third-order valence-corrected chi connectivity index (χ3v) is 3.39. The fraction of sp³-hybridized carbons (Fsp3) is 0.333. The number of hydrogen-bond acceptors (Lipinski definition) is 2.